The van der Waals surface area contributed by atoms with Gasteiger partial charge in [0, 0.05) is 26.2 Å². The van der Waals surface area contributed by atoms with Crippen molar-refractivity contribution in [1.29, 1.82) is 0 Å². The minimum Gasteiger partial charge on any atom is -0.284 e. The summed E-state index contributed by atoms with van der Waals surface area (Å²) >= 11 is 0. The predicted molar refractivity (Wildman–Crippen MR) is 58.8 cm³/mol. The van der Waals surface area contributed by atoms with Gasteiger partial charge in [-0.3, -0.25) is 15.1 Å². The second-order valence-corrected chi connectivity index (χ2v) is 4.83. The second kappa shape index (κ2) is 4.87. The predicted octanol–water partition coefficient (Wildman–Crippen LogP) is 1.21. The zero-order valence-corrected chi connectivity index (χ0v) is 9.96. The van der Waals surface area contributed by atoms with Gasteiger partial charge in [0.1, 0.15) is 0 Å². The van der Waals surface area contributed by atoms with E-state index >= 15 is 0 Å². The van der Waals surface area contributed by atoms with Crippen LogP contribution in [0.15, 0.2) is 38.9 Å². The molecule has 0 unspecified atom stereocenters. The van der Waals surface area contributed by atoms with Crippen LogP contribution in [0, 0.1) is 10.1 Å². The summed E-state index contributed by atoms with van der Waals surface area (Å²) in [5.41, 5.74) is -0.187. The van der Waals surface area contributed by atoms with Crippen molar-refractivity contribution in [3.05, 3.63) is 34.4 Å². The van der Waals surface area contributed by atoms with Crippen LogP contribution in [0.2, 0.25) is 0 Å². The Kier molecular flexibility index (Phi) is 3.73. The van der Waals surface area contributed by atoms with E-state index in [1.807, 2.05) is 0 Å². The largest absolute Gasteiger partial charge is 0.301 e. The Bertz CT molecular complexity index is 535. The molecule has 0 aromatic heterocycles. The molecule has 0 amide bonds. The second-order valence-electron chi connectivity index (χ2n) is 3.24. The van der Waals surface area contributed by atoms with Crippen LogP contribution in [0.1, 0.15) is 0 Å². The summed E-state index contributed by atoms with van der Waals surface area (Å²) < 4.78 is 26.3. The highest BCUT2D eigenvalue weighted by atomic mass is 32.2. The molecule has 0 saturated heterocycles. The van der Waals surface area contributed by atoms with Crippen molar-refractivity contribution in [2.75, 3.05) is 14.1 Å². The summed E-state index contributed by atoms with van der Waals surface area (Å²) in [5, 5.41) is 15.0. The molecule has 0 radical (unpaired) electrons. The van der Waals surface area contributed by atoms with Gasteiger partial charge in [0.25, 0.3) is 5.69 Å². The number of nitro benzene ring substituents is 1. The first kappa shape index (κ1) is 13.0. The Labute approximate surface area is 97.8 Å². The van der Waals surface area contributed by atoms with Crippen LogP contribution >= 0.6 is 0 Å². The van der Waals surface area contributed by atoms with Gasteiger partial charge in [0.2, 0.25) is 0 Å². The van der Waals surface area contributed by atoms with Gasteiger partial charge in [0.15, 0.2) is 0 Å². The van der Waals surface area contributed by atoms with Gasteiger partial charge in [-0.2, -0.15) is 8.42 Å². The fraction of sp³-hybridized carbons (Fsp3) is 0.250. The molecule has 0 atom stereocenters. The summed E-state index contributed by atoms with van der Waals surface area (Å²) in [4.78, 5) is 9.63. The number of rotatable bonds is 4. The van der Waals surface area contributed by atoms with E-state index in [0.717, 1.165) is 24.3 Å². The summed E-state index contributed by atoms with van der Waals surface area (Å²) in [6.07, 6.45) is 0. The molecule has 1 rings (SSSR count). The maximum Gasteiger partial charge on any atom is 0.301 e. The van der Waals surface area contributed by atoms with E-state index in [1.165, 1.54) is 19.1 Å². The molecule has 0 aliphatic heterocycles. The number of nitro groups is 1. The fourth-order valence-electron chi connectivity index (χ4n) is 0.908. The lowest BCUT2D eigenvalue weighted by molar-refractivity contribution is -0.384. The molecular weight excluding hydrogens is 248 g/mol. The van der Waals surface area contributed by atoms with E-state index in [0.29, 0.717) is 0 Å². The third-order valence-electron chi connectivity index (χ3n) is 1.67. The Morgan fingerprint density at radius 2 is 1.76 bits per heavy atom. The molecule has 0 aliphatic rings. The lowest BCUT2D eigenvalue weighted by atomic mass is 10.3. The first-order chi connectivity index (χ1) is 7.83. The number of non-ortho nitro benzene ring substituents is 1. The van der Waals surface area contributed by atoms with Crippen LogP contribution in [-0.4, -0.2) is 32.4 Å². The molecule has 0 N–H and O–H groups in total. The van der Waals surface area contributed by atoms with Crippen LogP contribution in [0.5, 0.6) is 0 Å². The summed E-state index contributed by atoms with van der Waals surface area (Å²) in [6.45, 7) is 0. The molecule has 0 saturated carbocycles. The van der Waals surface area contributed by atoms with Crippen LogP contribution in [-0.2, 0) is 10.0 Å². The normalized spacial score (nSPS) is 11.6. The minimum atomic E-state index is -3.90. The zero-order chi connectivity index (χ0) is 13.1. The Morgan fingerprint density at radius 3 is 2.18 bits per heavy atom. The fourth-order valence-corrected chi connectivity index (χ4v) is 1.72. The number of sulfonamides is 1. The molecule has 17 heavy (non-hydrogen) atoms. The molecule has 0 heterocycles. The van der Waals surface area contributed by atoms with Crippen molar-refractivity contribution >= 4 is 15.7 Å². The van der Waals surface area contributed by atoms with E-state index in [4.69, 9.17) is 0 Å². The maximum atomic E-state index is 11.6. The Hall–Kier alpha value is -2.03. The molecule has 92 valence electrons. The van der Waals surface area contributed by atoms with Gasteiger partial charge < -0.3 is 0 Å². The Morgan fingerprint density at radius 1 is 1.24 bits per heavy atom. The molecule has 0 fully saturated rings. The third-order valence-corrected chi connectivity index (χ3v) is 2.82. The quantitative estimate of drug-likeness (QED) is 0.458. The van der Waals surface area contributed by atoms with Crippen molar-refractivity contribution in [2.45, 2.75) is 4.90 Å². The number of hydrogen-bond donors (Lipinski definition) is 0. The monoisotopic (exact) mass is 258 g/mol. The van der Waals surface area contributed by atoms with Gasteiger partial charge >= 0.3 is 10.0 Å². The number of hydrogen-bond acceptors (Lipinski definition) is 5. The van der Waals surface area contributed by atoms with Gasteiger partial charge in [-0.25, -0.2) is 0 Å². The van der Waals surface area contributed by atoms with E-state index < -0.39 is 14.9 Å². The van der Waals surface area contributed by atoms with Crippen LogP contribution in [0.25, 0.3) is 0 Å². The maximum absolute atomic E-state index is 11.6. The zero-order valence-electron chi connectivity index (χ0n) is 9.14. The molecule has 0 spiro atoms. The Balaban J connectivity index is 3.05. The minimum absolute atomic E-state index is 0.145. The van der Waals surface area contributed by atoms with Gasteiger partial charge in [-0.15, -0.1) is 0 Å². The van der Waals surface area contributed by atoms with Crippen molar-refractivity contribution < 1.29 is 13.3 Å². The molecule has 0 aliphatic carbocycles. The summed E-state index contributed by atoms with van der Waals surface area (Å²) in [6, 6.07) is 4.42. The van der Waals surface area contributed by atoms with Crippen molar-refractivity contribution in [3.63, 3.8) is 0 Å². The molecule has 1 aromatic carbocycles. The van der Waals surface area contributed by atoms with E-state index in [9.17, 15) is 18.5 Å². The third kappa shape index (κ3) is 3.48. The van der Waals surface area contributed by atoms with Gasteiger partial charge in [0.05, 0.1) is 9.82 Å². The smallest absolute Gasteiger partial charge is 0.284 e. The van der Waals surface area contributed by atoms with Crippen molar-refractivity contribution in [1.82, 2.24) is 5.01 Å². The molecular formula is C8H10N4O4S. The SMILES string of the molecule is CN(C)/N=N/S(=O)(=O)c1ccc([N+](=O)[O-])cc1. The standard InChI is InChI=1S/C8H10N4O4S/c1-11(2)9-10-17(15,16)8-5-3-7(4-6-8)12(13)14/h3-6H,1-2H3/b10-9+. The van der Waals surface area contributed by atoms with Crippen molar-refractivity contribution in [2.24, 2.45) is 9.74 Å². The van der Waals surface area contributed by atoms with E-state index in [-0.39, 0.29) is 10.6 Å². The average molecular weight is 258 g/mol. The van der Waals surface area contributed by atoms with Gasteiger partial charge in [-0.05, 0) is 16.7 Å². The van der Waals surface area contributed by atoms with Crippen molar-refractivity contribution in [3.8, 4) is 0 Å². The summed E-state index contributed by atoms with van der Waals surface area (Å²) in [7, 11) is -0.858. The molecule has 8 nitrogen and oxygen atoms in total. The highest BCUT2D eigenvalue weighted by molar-refractivity contribution is 7.90. The lowest BCUT2D eigenvalue weighted by Crippen LogP contribution is -2.03. The highest BCUT2D eigenvalue weighted by Gasteiger charge is 2.15. The number of nitrogens with zero attached hydrogens (tertiary/aromatic N) is 4. The highest BCUT2D eigenvalue weighted by Crippen LogP contribution is 2.17. The molecule has 1 aromatic rings. The first-order valence-corrected chi connectivity index (χ1v) is 5.86. The molecule has 9 heteroatoms. The number of benzene rings is 1. The lowest BCUT2D eigenvalue weighted by Gasteiger charge is -2.01. The molecule has 0 bridgehead atoms. The van der Waals surface area contributed by atoms with Crippen LogP contribution in [0.4, 0.5) is 5.69 Å². The topological polar surface area (TPSA) is 105 Å². The van der Waals surface area contributed by atoms with Crippen LogP contribution in [0.3, 0.4) is 0 Å². The average Bonchev–Trinajstić information content (AvgIpc) is 2.27. The van der Waals surface area contributed by atoms with Crippen LogP contribution < -0.4 is 0 Å². The van der Waals surface area contributed by atoms with Gasteiger partial charge in [-0.1, -0.05) is 5.22 Å². The first-order valence-electron chi connectivity index (χ1n) is 4.42. The van der Waals surface area contributed by atoms with E-state index in [2.05, 4.69) is 9.74 Å². The van der Waals surface area contributed by atoms with E-state index in [1.54, 1.807) is 0 Å². The summed E-state index contributed by atoms with van der Waals surface area (Å²) in [5.74, 6) is 0.